The molecule has 0 saturated heterocycles. The first-order chi connectivity index (χ1) is 16.0. The monoisotopic (exact) mass is 448 g/mol. The Morgan fingerprint density at radius 3 is 1.06 bits per heavy atom. The Morgan fingerprint density at radius 2 is 0.727 bits per heavy atom. The van der Waals surface area contributed by atoms with Crippen LogP contribution in [0, 0.1) is 13.8 Å². The Labute approximate surface area is 198 Å². The van der Waals surface area contributed by atoms with Crippen molar-refractivity contribution in [2.45, 2.75) is 13.8 Å². The quantitative estimate of drug-likeness (QED) is 0.289. The predicted octanol–water partition coefficient (Wildman–Crippen LogP) is 8.44. The number of rotatable bonds is 4. The van der Waals surface area contributed by atoms with E-state index in [1.54, 1.807) is 35.6 Å². The van der Waals surface area contributed by atoms with Crippen molar-refractivity contribution in [2.24, 2.45) is 0 Å². The lowest BCUT2D eigenvalue weighted by Crippen LogP contribution is -1.86. The van der Waals surface area contributed by atoms with Crippen LogP contribution in [0.1, 0.15) is 11.1 Å². The molecule has 0 aliphatic heterocycles. The number of hydrogen-bond acceptors (Lipinski definition) is 3. The number of benzene rings is 4. The average molecular weight is 449 g/mol. The smallest absolute Gasteiger partial charge is 0.115 e. The van der Waals surface area contributed by atoms with Gasteiger partial charge in [0.05, 0.1) is 0 Å². The van der Waals surface area contributed by atoms with Gasteiger partial charge in [0.2, 0.25) is 0 Å². The summed E-state index contributed by atoms with van der Waals surface area (Å²) >= 11 is 1.78. The first kappa shape index (κ1) is 21.0. The summed E-state index contributed by atoms with van der Waals surface area (Å²) in [5.74, 6) is 0.492. The highest BCUT2D eigenvalue weighted by Crippen LogP contribution is 2.52. The van der Waals surface area contributed by atoms with Crippen LogP contribution >= 0.6 is 11.3 Å². The van der Waals surface area contributed by atoms with Gasteiger partial charge in [-0.25, -0.2) is 0 Å². The summed E-state index contributed by atoms with van der Waals surface area (Å²) in [6, 6.07) is 32.1. The normalized spacial score (nSPS) is 11.0. The number of hydrogen-bond donors (Lipinski definition) is 2. The number of aryl methyl sites for hydroxylation is 2. The molecule has 0 radical (unpaired) electrons. The van der Waals surface area contributed by atoms with Gasteiger partial charge < -0.3 is 10.2 Å². The standard InChI is InChI=1S/C30H24O2S/c1-19-3-7-23(8-4-19)29-27(21-11-15-25(31)16-12-21)28(22-13-17-26(32)18-14-22)30(33-29)24-9-5-20(2)6-10-24/h3-18,31-32H,1-2H3. The molecule has 0 fully saturated rings. The second-order valence-corrected chi connectivity index (χ2v) is 9.36. The zero-order chi connectivity index (χ0) is 22.9. The first-order valence-electron chi connectivity index (χ1n) is 10.9. The molecule has 4 aromatic carbocycles. The molecule has 5 rings (SSSR count). The molecule has 33 heavy (non-hydrogen) atoms. The van der Waals surface area contributed by atoms with Crippen LogP contribution in [-0.4, -0.2) is 10.2 Å². The third kappa shape index (κ3) is 4.15. The van der Waals surface area contributed by atoms with E-state index in [0.717, 1.165) is 33.4 Å². The summed E-state index contributed by atoms with van der Waals surface area (Å²) < 4.78 is 0. The number of thiophene rings is 1. The van der Waals surface area contributed by atoms with E-state index in [9.17, 15) is 10.2 Å². The predicted molar refractivity (Wildman–Crippen MR) is 139 cm³/mol. The van der Waals surface area contributed by atoms with Crippen molar-refractivity contribution in [1.29, 1.82) is 0 Å². The molecule has 0 unspecified atom stereocenters. The van der Waals surface area contributed by atoms with Gasteiger partial charge in [-0.3, -0.25) is 0 Å². The second-order valence-electron chi connectivity index (χ2n) is 8.34. The van der Waals surface area contributed by atoms with Crippen LogP contribution in [0.3, 0.4) is 0 Å². The van der Waals surface area contributed by atoms with Gasteiger partial charge in [-0.05, 0) is 60.4 Å². The van der Waals surface area contributed by atoms with Crippen LogP contribution in [-0.2, 0) is 0 Å². The van der Waals surface area contributed by atoms with Crippen LogP contribution in [0.15, 0.2) is 97.1 Å². The molecule has 1 heterocycles. The third-order valence-corrected chi connectivity index (χ3v) is 7.14. The van der Waals surface area contributed by atoms with E-state index in [0.29, 0.717) is 0 Å². The molecule has 2 N–H and O–H groups in total. The van der Waals surface area contributed by atoms with Crippen LogP contribution in [0.4, 0.5) is 0 Å². The zero-order valence-corrected chi connectivity index (χ0v) is 19.4. The van der Waals surface area contributed by atoms with Crippen molar-refractivity contribution in [3.8, 4) is 54.6 Å². The van der Waals surface area contributed by atoms with Gasteiger partial charge in [0.15, 0.2) is 0 Å². The number of aromatic hydroxyl groups is 2. The van der Waals surface area contributed by atoms with E-state index in [2.05, 4.69) is 62.4 Å². The van der Waals surface area contributed by atoms with Crippen LogP contribution < -0.4 is 0 Å². The molecule has 0 atom stereocenters. The molecule has 0 amide bonds. The minimum atomic E-state index is 0.246. The number of phenols is 2. The van der Waals surface area contributed by atoms with Crippen molar-refractivity contribution in [2.75, 3.05) is 0 Å². The van der Waals surface area contributed by atoms with Crippen molar-refractivity contribution >= 4 is 11.3 Å². The summed E-state index contributed by atoms with van der Waals surface area (Å²) in [5.41, 5.74) is 9.11. The highest BCUT2D eigenvalue weighted by Gasteiger charge is 2.23. The molecule has 0 spiro atoms. The molecule has 2 nitrogen and oxygen atoms in total. The highest BCUT2D eigenvalue weighted by atomic mass is 32.1. The van der Waals surface area contributed by atoms with Crippen molar-refractivity contribution in [3.05, 3.63) is 108 Å². The fraction of sp³-hybridized carbons (Fsp3) is 0.0667. The minimum absolute atomic E-state index is 0.246. The summed E-state index contributed by atoms with van der Waals surface area (Å²) in [6.45, 7) is 4.19. The van der Waals surface area contributed by atoms with Gasteiger partial charge in [-0.2, -0.15) is 0 Å². The van der Waals surface area contributed by atoms with E-state index in [-0.39, 0.29) is 11.5 Å². The summed E-state index contributed by atoms with van der Waals surface area (Å²) in [7, 11) is 0. The van der Waals surface area contributed by atoms with E-state index in [1.165, 1.54) is 20.9 Å². The van der Waals surface area contributed by atoms with Gasteiger partial charge >= 0.3 is 0 Å². The second kappa shape index (κ2) is 8.61. The molecular formula is C30H24O2S. The van der Waals surface area contributed by atoms with Gasteiger partial charge in [0.1, 0.15) is 11.5 Å². The zero-order valence-electron chi connectivity index (χ0n) is 18.5. The summed E-state index contributed by atoms with van der Waals surface area (Å²) in [5, 5.41) is 19.8. The van der Waals surface area contributed by atoms with E-state index >= 15 is 0 Å². The number of phenolic OH excluding ortho intramolecular Hbond substituents is 2. The molecule has 0 aliphatic rings. The van der Waals surface area contributed by atoms with Crippen LogP contribution in [0.25, 0.3) is 43.1 Å². The third-order valence-electron chi connectivity index (χ3n) is 5.85. The SMILES string of the molecule is Cc1ccc(-c2sc(-c3ccc(C)cc3)c(-c3ccc(O)cc3)c2-c2ccc(O)cc2)cc1. The van der Waals surface area contributed by atoms with Crippen molar-refractivity contribution in [3.63, 3.8) is 0 Å². The molecule has 1 aromatic heterocycles. The topological polar surface area (TPSA) is 40.5 Å². The fourth-order valence-electron chi connectivity index (χ4n) is 4.05. The van der Waals surface area contributed by atoms with E-state index in [1.807, 2.05) is 24.3 Å². The lowest BCUT2D eigenvalue weighted by Gasteiger charge is -2.11. The molecular weight excluding hydrogens is 424 g/mol. The fourth-order valence-corrected chi connectivity index (χ4v) is 5.41. The van der Waals surface area contributed by atoms with Crippen molar-refractivity contribution in [1.82, 2.24) is 0 Å². The maximum atomic E-state index is 9.92. The Kier molecular flexibility index (Phi) is 5.49. The largest absolute Gasteiger partial charge is 0.508 e. The average Bonchev–Trinajstić information content (AvgIpc) is 3.21. The highest BCUT2D eigenvalue weighted by molar-refractivity contribution is 7.20. The molecule has 0 saturated carbocycles. The Balaban J connectivity index is 1.86. The summed E-state index contributed by atoms with van der Waals surface area (Å²) in [4.78, 5) is 2.36. The van der Waals surface area contributed by atoms with E-state index < -0.39 is 0 Å². The van der Waals surface area contributed by atoms with Gasteiger partial charge in [-0.1, -0.05) is 83.9 Å². The lowest BCUT2D eigenvalue weighted by molar-refractivity contribution is 0.475. The van der Waals surface area contributed by atoms with Gasteiger partial charge in [0, 0.05) is 20.9 Å². The van der Waals surface area contributed by atoms with Gasteiger partial charge in [0.25, 0.3) is 0 Å². The molecule has 0 bridgehead atoms. The summed E-state index contributed by atoms with van der Waals surface area (Å²) in [6.07, 6.45) is 0. The Hall–Kier alpha value is -3.82. The molecule has 162 valence electrons. The first-order valence-corrected chi connectivity index (χ1v) is 11.7. The van der Waals surface area contributed by atoms with E-state index in [4.69, 9.17) is 0 Å². The van der Waals surface area contributed by atoms with Crippen LogP contribution in [0.5, 0.6) is 11.5 Å². The molecule has 3 heteroatoms. The lowest BCUT2D eigenvalue weighted by atomic mass is 9.91. The Bertz CT molecular complexity index is 1280. The maximum absolute atomic E-state index is 9.92. The molecule has 5 aromatic rings. The van der Waals surface area contributed by atoms with Crippen LogP contribution in [0.2, 0.25) is 0 Å². The Morgan fingerprint density at radius 1 is 0.424 bits per heavy atom. The minimum Gasteiger partial charge on any atom is -0.508 e. The van der Waals surface area contributed by atoms with Crippen molar-refractivity contribution < 1.29 is 10.2 Å². The van der Waals surface area contributed by atoms with Gasteiger partial charge in [-0.15, -0.1) is 11.3 Å². The molecule has 0 aliphatic carbocycles. The maximum Gasteiger partial charge on any atom is 0.115 e.